The van der Waals surface area contributed by atoms with Crippen LogP contribution >= 0.6 is 0 Å². The molecule has 0 bridgehead atoms. The summed E-state index contributed by atoms with van der Waals surface area (Å²) in [6, 6.07) is 7.11. The smallest absolute Gasteiger partial charge is 0.246 e. The van der Waals surface area contributed by atoms with Gasteiger partial charge < -0.3 is 20.3 Å². The first-order chi connectivity index (χ1) is 19.1. The van der Waals surface area contributed by atoms with Crippen molar-refractivity contribution in [3.05, 3.63) is 36.2 Å². The molecule has 10 nitrogen and oxygen atoms in total. The number of hydrogen-bond donors (Lipinski definition) is 2. The minimum Gasteiger partial charge on any atom is -0.381 e. The fourth-order valence-corrected chi connectivity index (χ4v) is 6.60. The standard InChI is InChI=1S/C30H38N6O4/c1-17(2)25(34-23(37)13-18-9-11-40-12-10-18)29(39)36-16-21-24(30(21,3)4)27(36)28(38)33-22(14-31)26-20-8-6-5-7-19(20)15-32-35-26/h5-8,15,17-18,21-22,24-25,27H,9-13,16H2,1-4H3,(H,33,38)(H,34,37)/t21-,22?,24-,25?,27-/m0/s1. The van der Waals surface area contributed by atoms with E-state index in [4.69, 9.17) is 4.74 Å². The van der Waals surface area contributed by atoms with E-state index in [1.807, 2.05) is 38.1 Å². The number of carbonyl (C=O) groups is 3. The van der Waals surface area contributed by atoms with E-state index in [0.29, 0.717) is 31.9 Å². The minimum absolute atomic E-state index is 0.0276. The second-order valence-electron chi connectivity index (χ2n) is 12.3. The summed E-state index contributed by atoms with van der Waals surface area (Å²) in [6.07, 6.45) is 3.65. The highest BCUT2D eigenvalue weighted by atomic mass is 16.5. The molecule has 2 aromatic rings. The van der Waals surface area contributed by atoms with E-state index in [1.54, 1.807) is 11.1 Å². The molecule has 212 valence electrons. The van der Waals surface area contributed by atoms with Gasteiger partial charge in [0.2, 0.25) is 17.7 Å². The van der Waals surface area contributed by atoms with Gasteiger partial charge >= 0.3 is 0 Å². The van der Waals surface area contributed by atoms with Gasteiger partial charge in [-0.1, -0.05) is 52.0 Å². The molecule has 1 aromatic carbocycles. The maximum absolute atomic E-state index is 13.9. The number of nitrogens with zero attached hydrogens (tertiary/aromatic N) is 4. The molecule has 40 heavy (non-hydrogen) atoms. The maximum Gasteiger partial charge on any atom is 0.246 e. The highest BCUT2D eigenvalue weighted by molar-refractivity contribution is 5.94. The Labute approximate surface area is 234 Å². The van der Waals surface area contributed by atoms with Crippen molar-refractivity contribution in [2.45, 2.75) is 65.1 Å². The van der Waals surface area contributed by atoms with Crippen LogP contribution in [0.2, 0.25) is 0 Å². The Morgan fingerprint density at radius 3 is 2.60 bits per heavy atom. The quantitative estimate of drug-likeness (QED) is 0.519. The van der Waals surface area contributed by atoms with E-state index in [2.05, 4.69) is 40.7 Å². The van der Waals surface area contributed by atoms with Gasteiger partial charge in [-0.25, -0.2) is 0 Å². The zero-order valence-electron chi connectivity index (χ0n) is 23.6. The number of carbonyl (C=O) groups excluding carboxylic acids is 3. The van der Waals surface area contributed by atoms with E-state index in [1.165, 1.54) is 0 Å². The number of piperidine rings is 1. The van der Waals surface area contributed by atoms with Crippen LogP contribution in [0.25, 0.3) is 10.8 Å². The van der Waals surface area contributed by atoms with E-state index in [9.17, 15) is 19.6 Å². The number of benzene rings is 1. The molecule has 3 heterocycles. The molecule has 1 aliphatic carbocycles. The van der Waals surface area contributed by atoms with Crippen LogP contribution < -0.4 is 10.6 Å². The normalized spacial score (nSPS) is 25.1. The van der Waals surface area contributed by atoms with Gasteiger partial charge in [0.25, 0.3) is 0 Å². The van der Waals surface area contributed by atoms with Gasteiger partial charge in [0, 0.05) is 37.0 Å². The van der Waals surface area contributed by atoms with Crippen molar-refractivity contribution in [3.8, 4) is 6.07 Å². The van der Waals surface area contributed by atoms with Gasteiger partial charge in [0.15, 0.2) is 6.04 Å². The lowest BCUT2D eigenvalue weighted by atomic mass is 9.94. The fourth-order valence-electron chi connectivity index (χ4n) is 6.60. The molecule has 5 rings (SSSR count). The molecule has 1 aromatic heterocycles. The van der Waals surface area contributed by atoms with Crippen molar-refractivity contribution in [2.24, 2.45) is 29.1 Å². The average Bonchev–Trinajstić information content (AvgIpc) is 3.26. The first kappa shape index (κ1) is 28.0. The Kier molecular flexibility index (Phi) is 7.78. The Morgan fingerprint density at radius 2 is 1.90 bits per heavy atom. The van der Waals surface area contributed by atoms with Crippen LogP contribution in [0, 0.1) is 40.4 Å². The highest BCUT2D eigenvalue weighted by Crippen LogP contribution is 2.65. The largest absolute Gasteiger partial charge is 0.381 e. The molecule has 2 unspecified atom stereocenters. The summed E-state index contributed by atoms with van der Waals surface area (Å²) in [6.45, 7) is 9.77. The van der Waals surface area contributed by atoms with Crippen LogP contribution in [0.4, 0.5) is 0 Å². The van der Waals surface area contributed by atoms with Gasteiger partial charge in [0.05, 0.1) is 12.3 Å². The second-order valence-corrected chi connectivity index (χ2v) is 12.3. The minimum atomic E-state index is -1.02. The molecule has 0 radical (unpaired) electrons. The number of hydrogen-bond acceptors (Lipinski definition) is 7. The number of rotatable bonds is 8. The lowest BCUT2D eigenvalue weighted by molar-refractivity contribution is -0.144. The van der Waals surface area contributed by atoms with Crippen molar-refractivity contribution in [2.75, 3.05) is 19.8 Å². The molecule has 1 saturated carbocycles. The van der Waals surface area contributed by atoms with Crippen molar-refractivity contribution in [1.82, 2.24) is 25.7 Å². The Morgan fingerprint density at radius 1 is 1.18 bits per heavy atom. The topological polar surface area (TPSA) is 137 Å². The molecule has 3 amide bonds. The van der Waals surface area contributed by atoms with Crippen LogP contribution in [0.3, 0.4) is 0 Å². The van der Waals surface area contributed by atoms with Crippen molar-refractivity contribution >= 4 is 28.5 Å². The van der Waals surface area contributed by atoms with Gasteiger partial charge in [0.1, 0.15) is 17.8 Å². The summed E-state index contributed by atoms with van der Waals surface area (Å²) >= 11 is 0. The molecular formula is C30H38N6O4. The lowest BCUT2D eigenvalue weighted by Gasteiger charge is -2.34. The van der Waals surface area contributed by atoms with E-state index < -0.39 is 18.1 Å². The molecular weight excluding hydrogens is 508 g/mol. The number of ether oxygens (including phenoxy) is 1. The van der Waals surface area contributed by atoms with Crippen LogP contribution in [-0.4, -0.2) is 64.7 Å². The van der Waals surface area contributed by atoms with Crippen LogP contribution in [0.1, 0.15) is 58.7 Å². The molecule has 3 aliphatic rings. The van der Waals surface area contributed by atoms with Crippen LogP contribution in [0.5, 0.6) is 0 Å². The SMILES string of the molecule is CC(C)C(NC(=O)CC1CCOCC1)C(=O)N1C[C@H]2[C@@H]([C@H]1C(=O)NC(C#N)c1nncc3ccccc13)C2(C)C. The van der Waals surface area contributed by atoms with Crippen molar-refractivity contribution in [1.29, 1.82) is 5.26 Å². The predicted molar refractivity (Wildman–Crippen MR) is 147 cm³/mol. The number of nitrogens with one attached hydrogen (secondary N) is 2. The number of aromatic nitrogens is 2. The van der Waals surface area contributed by atoms with E-state index >= 15 is 0 Å². The third-order valence-electron chi connectivity index (χ3n) is 9.11. The Balaban J connectivity index is 1.34. The number of amides is 3. The molecule has 2 N–H and O–H groups in total. The van der Waals surface area contributed by atoms with Crippen LogP contribution in [0.15, 0.2) is 30.5 Å². The lowest BCUT2D eigenvalue weighted by Crippen LogP contribution is -2.57. The number of likely N-dealkylation sites (tertiary alicyclic amines) is 1. The van der Waals surface area contributed by atoms with Gasteiger partial charge in [-0.2, -0.15) is 15.5 Å². The fraction of sp³-hybridized carbons (Fsp3) is 0.600. The van der Waals surface area contributed by atoms with E-state index in [0.717, 1.165) is 23.6 Å². The summed E-state index contributed by atoms with van der Waals surface area (Å²) < 4.78 is 5.40. The molecule has 2 saturated heterocycles. The second kappa shape index (κ2) is 11.1. The first-order valence-corrected chi connectivity index (χ1v) is 14.2. The van der Waals surface area contributed by atoms with Crippen molar-refractivity contribution < 1.29 is 19.1 Å². The van der Waals surface area contributed by atoms with Gasteiger partial charge in [-0.05, 0) is 41.9 Å². The molecule has 0 spiro atoms. The zero-order valence-corrected chi connectivity index (χ0v) is 23.6. The monoisotopic (exact) mass is 546 g/mol. The summed E-state index contributed by atoms with van der Waals surface area (Å²) in [5, 5.41) is 25.6. The summed E-state index contributed by atoms with van der Waals surface area (Å²) in [5.41, 5.74) is 0.275. The van der Waals surface area contributed by atoms with E-state index in [-0.39, 0.29) is 46.8 Å². The Bertz CT molecular complexity index is 1330. The molecule has 2 aliphatic heterocycles. The van der Waals surface area contributed by atoms with Gasteiger partial charge in [-0.3, -0.25) is 14.4 Å². The summed E-state index contributed by atoms with van der Waals surface area (Å²) in [5.74, 6) is -0.548. The third-order valence-corrected chi connectivity index (χ3v) is 9.11. The third kappa shape index (κ3) is 5.27. The first-order valence-electron chi connectivity index (χ1n) is 14.2. The number of fused-ring (bicyclic) bond motifs is 2. The zero-order chi connectivity index (χ0) is 28.6. The molecule has 5 atom stereocenters. The maximum atomic E-state index is 13.9. The summed E-state index contributed by atoms with van der Waals surface area (Å²) in [4.78, 5) is 42.3. The van der Waals surface area contributed by atoms with Crippen molar-refractivity contribution in [3.63, 3.8) is 0 Å². The molecule has 10 heteroatoms. The Hall–Kier alpha value is -3.58. The average molecular weight is 547 g/mol. The summed E-state index contributed by atoms with van der Waals surface area (Å²) in [7, 11) is 0. The van der Waals surface area contributed by atoms with Gasteiger partial charge in [-0.15, -0.1) is 0 Å². The van der Waals surface area contributed by atoms with Crippen LogP contribution in [-0.2, 0) is 19.1 Å². The molecule has 3 fully saturated rings. The highest BCUT2D eigenvalue weighted by Gasteiger charge is 2.69. The predicted octanol–water partition coefficient (Wildman–Crippen LogP) is 2.75. The number of nitriles is 1.